The zero-order chi connectivity index (χ0) is 12.9. The van der Waals surface area contributed by atoms with Gasteiger partial charge < -0.3 is 10.2 Å². The fraction of sp³-hybridized carbons (Fsp3) is 1.00. The number of nitrogens with one attached hydrogen (secondary N) is 1. The molecule has 0 amide bonds. The van der Waals surface area contributed by atoms with Crippen molar-refractivity contribution in [1.82, 2.24) is 10.2 Å². The fourth-order valence-corrected chi connectivity index (χ4v) is 3.51. The standard InChI is InChI=1S/C15H32N2/c1-13(2)9-8-10-14(16-3)15(17(4)5)11-6-7-12-15/h13-14,16H,6-12H2,1-5H3. The van der Waals surface area contributed by atoms with Gasteiger partial charge in [-0.15, -0.1) is 0 Å². The summed E-state index contributed by atoms with van der Waals surface area (Å²) in [6.45, 7) is 4.65. The van der Waals surface area contributed by atoms with Gasteiger partial charge in [0.25, 0.3) is 0 Å². The van der Waals surface area contributed by atoms with E-state index in [1.54, 1.807) is 0 Å². The molecule has 0 saturated heterocycles. The van der Waals surface area contributed by atoms with Gasteiger partial charge in [-0.2, -0.15) is 0 Å². The molecule has 0 radical (unpaired) electrons. The van der Waals surface area contributed by atoms with Crippen LogP contribution < -0.4 is 5.32 Å². The van der Waals surface area contributed by atoms with Crippen molar-refractivity contribution in [2.45, 2.75) is 70.4 Å². The second-order valence-electron chi connectivity index (χ2n) is 6.37. The summed E-state index contributed by atoms with van der Waals surface area (Å²) in [5.74, 6) is 0.839. The van der Waals surface area contributed by atoms with Crippen molar-refractivity contribution in [2.75, 3.05) is 21.1 Å². The molecule has 1 unspecified atom stereocenters. The maximum atomic E-state index is 3.60. The fourth-order valence-electron chi connectivity index (χ4n) is 3.51. The van der Waals surface area contributed by atoms with Gasteiger partial charge in [-0.05, 0) is 46.3 Å². The van der Waals surface area contributed by atoms with Gasteiger partial charge in [0, 0.05) is 11.6 Å². The number of likely N-dealkylation sites (N-methyl/N-ethyl adjacent to an activating group) is 2. The van der Waals surface area contributed by atoms with E-state index in [0.29, 0.717) is 11.6 Å². The highest BCUT2D eigenvalue weighted by atomic mass is 15.2. The van der Waals surface area contributed by atoms with Crippen LogP contribution in [0, 0.1) is 5.92 Å². The lowest BCUT2D eigenvalue weighted by molar-refractivity contribution is 0.102. The molecule has 0 spiro atoms. The Balaban J connectivity index is 2.56. The molecule has 1 N–H and O–H groups in total. The quantitative estimate of drug-likeness (QED) is 0.735. The number of nitrogens with zero attached hydrogens (tertiary/aromatic N) is 1. The van der Waals surface area contributed by atoms with Crippen molar-refractivity contribution in [1.29, 1.82) is 0 Å². The van der Waals surface area contributed by atoms with E-state index >= 15 is 0 Å². The third kappa shape index (κ3) is 3.69. The van der Waals surface area contributed by atoms with Gasteiger partial charge in [0.2, 0.25) is 0 Å². The summed E-state index contributed by atoms with van der Waals surface area (Å²) in [6.07, 6.45) is 9.59. The highest BCUT2D eigenvalue weighted by Crippen LogP contribution is 2.38. The normalized spacial score (nSPS) is 21.4. The molecule has 0 bridgehead atoms. The van der Waals surface area contributed by atoms with E-state index < -0.39 is 0 Å². The van der Waals surface area contributed by atoms with Crippen LogP contribution in [0.4, 0.5) is 0 Å². The summed E-state index contributed by atoms with van der Waals surface area (Å²) in [5, 5.41) is 3.60. The molecule has 1 fully saturated rings. The number of hydrogen-bond donors (Lipinski definition) is 1. The molecule has 1 atom stereocenters. The molecule has 0 aromatic rings. The van der Waals surface area contributed by atoms with Crippen molar-refractivity contribution < 1.29 is 0 Å². The van der Waals surface area contributed by atoms with Gasteiger partial charge in [0.15, 0.2) is 0 Å². The average molecular weight is 240 g/mol. The highest BCUT2D eigenvalue weighted by Gasteiger charge is 2.41. The lowest BCUT2D eigenvalue weighted by Gasteiger charge is -2.43. The first-order chi connectivity index (χ1) is 8.03. The van der Waals surface area contributed by atoms with E-state index in [1.165, 1.54) is 44.9 Å². The molecule has 0 aliphatic heterocycles. The third-order valence-corrected chi connectivity index (χ3v) is 4.63. The molecule has 102 valence electrons. The first-order valence-corrected chi connectivity index (χ1v) is 7.37. The number of rotatable bonds is 7. The summed E-state index contributed by atoms with van der Waals surface area (Å²) in [5.41, 5.74) is 0.422. The highest BCUT2D eigenvalue weighted by molar-refractivity contribution is 5.01. The minimum atomic E-state index is 0.422. The van der Waals surface area contributed by atoms with Gasteiger partial charge in [-0.25, -0.2) is 0 Å². The molecule has 17 heavy (non-hydrogen) atoms. The average Bonchev–Trinajstić information content (AvgIpc) is 2.74. The smallest absolute Gasteiger partial charge is 0.0356 e. The van der Waals surface area contributed by atoms with Gasteiger partial charge in [-0.3, -0.25) is 0 Å². The minimum Gasteiger partial charge on any atom is -0.315 e. The van der Waals surface area contributed by atoms with Crippen molar-refractivity contribution >= 4 is 0 Å². The molecule has 0 aromatic heterocycles. The topological polar surface area (TPSA) is 15.3 Å². The van der Waals surface area contributed by atoms with Crippen LogP contribution in [0.1, 0.15) is 58.8 Å². The molecule has 1 aliphatic carbocycles. The molecule has 1 rings (SSSR count). The van der Waals surface area contributed by atoms with E-state index in [2.05, 4.69) is 45.2 Å². The number of hydrogen-bond acceptors (Lipinski definition) is 2. The summed E-state index contributed by atoms with van der Waals surface area (Å²) in [7, 11) is 6.67. The lowest BCUT2D eigenvalue weighted by atomic mass is 9.83. The Labute approximate surface area is 108 Å². The van der Waals surface area contributed by atoms with Crippen molar-refractivity contribution in [3.63, 3.8) is 0 Å². The first kappa shape index (κ1) is 15.0. The van der Waals surface area contributed by atoms with Gasteiger partial charge in [0.05, 0.1) is 0 Å². The zero-order valence-electron chi connectivity index (χ0n) is 12.6. The van der Waals surface area contributed by atoms with Crippen molar-refractivity contribution in [2.24, 2.45) is 5.92 Å². The predicted molar refractivity (Wildman–Crippen MR) is 76.4 cm³/mol. The Morgan fingerprint density at radius 3 is 2.12 bits per heavy atom. The predicted octanol–water partition coefficient (Wildman–Crippen LogP) is 3.28. The lowest BCUT2D eigenvalue weighted by Crippen LogP contribution is -2.56. The van der Waals surface area contributed by atoms with E-state index in [4.69, 9.17) is 0 Å². The van der Waals surface area contributed by atoms with Crippen LogP contribution in [0.15, 0.2) is 0 Å². The summed E-state index contributed by atoms with van der Waals surface area (Å²) < 4.78 is 0. The molecule has 0 heterocycles. The second kappa shape index (κ2) is 6.75. The van der Waals surface area contributed by atoms with E-state index in [-0.39, 0.29) is 0 Å². The molecule has 1 saturated carbocycles. The van der Waals surface area contributed by atoms with Crippen LogP contribution >= 0.6 is 0 Å². The Bertz CT molecular complexity index is 205. The molecule has 2 nitrogen and oxygen atoms in total. The Kier molecular flexibility index (Phi) is 5.94. The van der Waals surface area contributed by atoms with E-state index in [9.17, 15) is 0 Å². The monoisotopic (exact) mass is 240 g/mol. The van der Waals surface area contributed by atoms with E-state index in [1.807, 2.05) is 0 Å². The first-order valence-electron chi connectivity index (χ1n) is 7.37. The molecular formula is C15H32N2. The maximum Gasteiger partial charge on any atom is 0.0356 e. The van der Waals surface area contributed by atoms with Crippen molar-refractivity contribution in [3.8, 4) is 0 Å². The maximum absolute atomic E-state index is 3.60. The molecule has 1 aliphatic rings. The van der Waals surface area contributed by atoms with E-state index in [0.717, 1.165) is 5.92 Å². The molecular weight excluding hydrogens is 208 g/mol. The van der Waals surface area contributed by atoms with Crippen LogP contribution in [0.25, 0.3) is 0 Å². The van der Waals surface area contributed by atoms with Crippen LogP contribution in [-0.2, 0) is 0 Å². The van der Waals surface area contributed by atoms with Crippen LogP contribution in [0.2, 0.25) is 0 Å². The second-order valence-corrected chi connectivity index (χ2v) is 6.37. The minimum absolute atomic E-state index is 0.422. The summed E-state index contributed by atoms with van der Waals surface area (Å²) in [6, 6.07) is 0.666. The van der Waals surface area contributed by atoms with Gasteiger partial charge in [-0.1, -0.05) is 39.5 Å². The largest absolute Gasteiger partial charge is 0.315 e. The Hall–Kier alpha value is -0.0800. The van der Waals surface area contributed by atoms with Crippen molar-refractivity contribution in [3.05, 3.63) is 0 Å². The molecule has 2 heteroatoms. The van der Waals surface area contributed by atoms with Crippen LogP contribution in [-0.4, -0.2) is 37.6 Å². The third-order valence-electron chi connectivity index (χ3n) is 4.63. The summed E-state index contributed by atoms with van der Waals surface area (Å²) >= 11 is 0. The summed E-state index contributed by atoms with van der Waals surface area (Å²) in [4.78, 5) is 2.48. The Morgan fingerprint density at radius 2 is 1.71 bits per heavy atom. The molecule has 0 aromatic carbocycles. The SMILES string of the molecule is CNC(CCCC(C)C)C1(N(C)C)CCCC1. The zero-order valence-corrected chi connectivity index (χ0v) is 12.6. The van der Waals surface area contributed by atoms with Crippen LogP contribution in [0.3, 0.4) is 0 Å². The van der Waals surface area contributed by atoms with Gasteiger partial charge in [0.1, 0.15) is 0 Å². The Morgan fingerprint density at radius 1 is 1.12 bits per heavy atom. The van der Waals surface area contributed by atoms with Crippen LogP contribution in [0.5, 0.6) is 0 Å². The van der Waals surface area contributed by atoms with Gasteiger partial charge >= 0.3 is 0 Å².